The lowest BCUT2D eigenvalue weighted by molar-refractivity contribution is -0.123. The number of benzene rings is 1. The van der Waals surface area contributed by atoms with E-state index in [4.69, 9.17) is 5.26 Å². The number of hydrogen-bond acceptors (Lipinski definition) is 2. The smallest absolute Gasteiger partial charge is 0.162 e. The Kier molecular flexibility index (Phi) is 2.93. The molecular weight excluding hydrogens is 224 g/mol. The molecule has 0 amide bonds. The van der Waals surface area contributed by atoms with Crippen molar-refractivity contribution in [2.24, 2.45) is 5.41 Å². The van der Waals surface area contributed by atoms with Gasteiger partial charge in [-0.25, -0.2) is 8.78 Å². The number of rotatable bonds is 2. The Hall–Kier alpha value is -1.76. The predicted octanol–water partition coefficient (Wildman–Crippen LogP) is 2.77. The van der Waals surface area contributed by atoms with Gasteiger partial charge in [0.05, 0.1) is 6.07 Å². The first-order valence-electron chi connectivity index (χ1n) is 5.46. The van der Waals surface area contributed by atoms with Crippen LogP contribution in [0, 0.1) is 28.4 Å². The molecule has 1 aliphatic rings. The molecule has 0 aliphatic heterocycles. The van der Waals surface area contributed by atoms with Crippen LogP contribution in [0.3, 0.4) is 0 Å². The van der Waals surface area contributed by atoms with E-state index in [1.54, 1.807) is 0 Å². The average molecular weight is 235 g/mol. The Morgan fingerprint density at radius 2 is 2.18 bits per heavy atom. The van der Waals surface area contributed by atoms with Crippen molar-refractivity contribution in [3.63, 3.8) is 0 Å². The Bertz CT molecular complexity index is 507. The van der Waals surface area contributed by atoms with Gasteiger partial charge in [0, 0.05) is 12.8 Å². The molecule has 4 heteroatoms. The summed E-state index contributed by atoms with van der Waals surface area (Å²) in [5.74, 6) is -2.06. The zero-order valence-electron chi connectivity index (χ0n) is 9.17. The SMILES string of the molecule is N#CC1(Cc2cccc(F)c2F)CCCC1=O. The third-order valence-corrected chi connectivity index (χ3v) is 3.28. The van der Waals surface area contributed by atoms with Crippen LogP contribution in [0.5, 0.6) is 0 Å². The summed E-state index contributed by atoms with van der Waals surface area (Å²) in [5.41, 5.74) is -1.06. The molecule has 0 N–H and O–H groups in total. The van der Waals surface area contributed by atoms with Crippen LogP contribution in [-0.2, 0) is 11.2 Å². The van der Waals surface area contributed by atoms with Crippen molar-refractivity contribution in [3.05, 3.63) is 35.4 Å². The van der Waals surface area contributed by atoms with Crippen LogP contribution >= 0.6 is 0 Å². The van der Waals surface area contributed by atoms with Crippen molar-refractivity contribution in [1.82, 2.24) is 0 Å². The second-order valence-corrected chi connectivity index (χ2v) is 4.36. The molecule has 1 aromatic rings. The minimum Gasteiger partial charge on any atom is -0.298 e. The van der Waals surface area contributed by atoms with E-state index in [1.165, 1.54) is 12.1 Å². The number of carbonyl (C=O) groups is 1. The van der Waals surface area contributed by atoms with E-state index < -0.39 is 17.0 Å². The number of nitrogens with zero attached hydrogens (tertiary/aromatic N) is 1. The highest BCUT2D eigenvalue weighted by atomic mass is 19.2. The van der Waals surface area contributed by atoms with Crippen LogP contribution in [0.2, 0.25) is 0 Å². The van der Waals surface area contributed by atoms with Crippen molar-refractivity contribution in [1.29, 1.82) is 5.26 Å². The van der Waals surface area contributed by atoms with Gasteiger partial charge in [-0.3, -0.25) is 4.79 Å². The molecule has 0 radical (unpaired) electrons. The van der Waals surface area contributed by atoms with Crippen molar-refractivity contribution in [2.45, 2.75) is 25.7 Å². The molecule has 1 aliphatic carbocycles. The van der Waals surface area contributed by atoms with Gasteiger partial charge in [0.25, 0.3) is 0 Å². The molecule has 0 spiro atoms. The van der Waals surface area contributed by atoms with Gasteiger partial charge in [-0.1, -0.05) is 12.1 Å². The minimum absolute atomic E-state index is 0.0358. The number of Topliss-reactive ketones (excluding diaryl/α,β-unsaturated/α-hetero) is 1. The fraction of sp³-hybridized carbons (Fsp3) is 0.385. The summed E-state index contributed by atoms with van der Waals surface area (Å²) in [7, 11) is 0. The summed E-state index contributed by atoms with van der Waals surface area (Å²) < 4.78 is 26.5. The Balaban J connectivity index is 2.35. The minimum atomic E-state index is -1.16. The molecule has 1 aromatic carbocycles. The highest BCUT2D eigenvalue weighted by Crippen LogP contribution is 2.38. The fourth-order valence-corrected chi connectivity index (χ4v) is 2.28. The van der Waals surface area contributed by atoms with E-state index >= 15 is 0 Å². The van der Waals surface area contributed by atoms with Gasteiger partial charge in [0.2, 0.25) is 0 Å². The molecular formula is C13H11F2NO. The van der Waals surface area contributed by atoms with E-state index in [0.717, 1.165) is 6.07 Å². The Labute approximate surface area is 97.9 Å². The molecule has 1 atom stereocenters. The number of halogens is 2. The largest absolute Gasteiger partial charge is 0.298 e. The fourth-order valence-electron chi connectivity index (χ4n) is 2.28. The van der Waals surface area contributed by atoms with Crippen LogP contribution < -0.4 is 0 Å². The van der Waals surface area contributed by atoms with Crippen molar-refractivity contribution < 1.29 is 13.6 Å². The maximum absolute atomic E-state index is 13.5. The normalized spacial score (nSPS) is 23.7. The molecule has 17 heavy (non-hydrogen) atoms. The Morgan fingerprint density at radius 3 is 2.76 bits per heavy atom. The van der Waals surface area contributed by atoms with Crippen LogP contribution in [-0.4, -0.2) is 5.78 Å². The Morgan fingerprint density at radius 1 is 1.41 bits per heavy atom. The molecule has 1 fully saturated rings. The van der Waals surface area contributed by atoms with Crippen LogP contribution in [0.1, 0.15) is 24.8 Å². The summed E-state index contributed by atoms with van der Waals surface area (Å²) in [6.45, 7) is 0. The first-order valence-corrected chi connectivity index (χ1v) is 5.46. The van der Waals surface area contributed by atoms with E-state index in [0.29, 0.717) is 19.3 Å². The topological polar surface area (TPSA) is 40.9 Å². The quantitative estimate of drug-likeness (QED) is 0.790. The molecule has 2 rings (SSSR count). The van der Waals surface area contributed by atoms with Gasteiger partial charge in [-0.15, -0.1) is 0 Å². The monoisotopic (exact) mass is 235 g/mol. The maximum Gasteiger partial charge on any atom is 0.162 e. The molecule has 0 aromatic heterocycles. The zero-order valence-corrected chi connectivity index (χ0v) is 9.17. The van der Waals surface area contributed by atoms with Gasteiger partial charge in [-0.2, -0.15) is 5.26 Å². The highest BCUT2D eigenvalue weighted by molar-refractivity contribution is 5.89. The summed E-state index contributed by atoms with van der Waals surface area (Å²) >= 11 is 0. The van der Waals surface area contributed by atoms with Gasteiger partial charge in [-0.05, 0) is 24.5 Å². The summed E-state index contributed by atoms with van der Waals surface area (Å²) in [4.78, 5) is 11.7. The molecule has 0 heterocycles. The first kappa shape index (κ1) is 11.7. The molecule has 1 unspecified atom stereocenters. The van der Waals surface area contributed by atoms with E-state index in [2.05, 4.69) is 0 Å². The highest BCUT2D eigenvalue weighted by Gasteiger charge is 2.42. The van der Waals surface area contributed by atoms with Gasteiger partial charge >= 0.3 is 0 Å². The second-order valence-electron chi connectivity index (χ2n) is 4.36. The lowest BCUT2D eigenvalue weighted by Gasteiger charge is -2.18. The number of ketones is 1. The first-order chi connectivity index (χ1) is 8.09. The van der Waals surface area contributed by atoms with E-state index in [-0.39, 0.29) is 17.8 Å². The van der Waals surface area contributed by atoms with Crippen molar-refractivity contribution in [2.75, 3.05) is 0 Å². The summed E-state index contributed by atoms with van der Waals surface area (Å²) in [5, 5.41) is 9.12. The van der Waals surface area contributed by atoms with E-state index in [1.807, 2.05) is 6.07 Å². The number of hydrogen-bond donors (Lipinski definition) is 0. The number of carbonyl (C=O) groups excluding carboxylic acids is 1. The maximum atomic E-state index is 13.5. The van der Waals surface area contributed by atoms with Crippen molar-refractivity contribution >= 4 is 5.78 Å². The van der Waals surface area contributed by atoms with Crippen LogP contribution in [0.25, 0.3) is 0 Å². The van der Waals surface area contributed by atoms with Crippen molar-refractivity contribution in [3.8, 4) is 6.07 Å². The second kappa shape index (κ2) is 4.25. The predicted molar refractivity (Wildman–Crippen MR) is 57.0 cm³/mol. The summed E-state index contributed by atoms with van der Waals surface area (Å²) in [6, 6.07) is 5.81. The van der Waals surface area contributed by atoms with Gasteiger partial charge < -0.3 is 0 Å². The molecule has 88 valence electrons. The molecule has 0 saturated heterocycles. The molecule has 2 nitrogen and oxygen atoms in total. The standard InChI is InChI=1S/C13H11F2NO/c14-10-4-1-3-9(12(10)15)7-13(8-16)6-2-5-11(13)17/h1,3-4H,2,5-7H2. The number of nitriles is 1. The molecule has 1 saturated carbocycles. The van der Waals surface area contributed by atoms with Crippen LogP contribution in [0.15, 0.2) is 18.2 Å². The average Bonchev–Trinajstić information content (AvgIpc) is 2.67. The van der Waals surface area contributed by atoms with Gasteiger partial charge in [0.15, 0.2) is 17.4 Å². The third kappa shape index (κ3) is 1.93. The lowest BCUT2D eigenvalue weighted by Crippen LogP contribution is -2.27. The van der Waals surface area contributed by atoms with E-state index in [9.17, 15) is 13.6 Å². The van der Waals surface area contributed by atoms with Gasteiger partial charge in [0.1, 0.15) is 5.41 Å². The lowest BCUT2D eigenvalue weighted by atomic mass is 9.80. The summed E-state index contributed by atoms with van der Waals surface area (Å²) in [6.07, 6.45) is 1.39. The zero-order chi connectivity index (χ0) is 12.5. The third-order valence-electron chi connectivity index (χ3n) is 3.28. The van der Waals surface area contributed by atoms with Crippen LogP contribution in [0.4, 0.5) is 8.78 Å². The molecule has 0 bridgehead atoms.